The molecule has 0 atom stereocenters. The quantitative estimate of drug-likeness (QED) is 0.731. The molecule has 1 amide bonds. The van der Waals surface area contributed by atoms with Gasteiger partial charge in [-0.05, 0) is 36.9 Å². The van der Waals surface area contributed by atoms with Gasteiger partial charge in [-0.1, -0.05) is 41.4 Å². The molecule has 4 nitrogen and oxygen atoms in total. The van der Waals surface area contributed by atoms with Gasteiger partial charge in [-0.25, -0.2) is 0 Å². The number of carbonyl (C=O) groups excluding carboxylic acids is 1. The molecule has 0 spiro atoms. The molecule has 1 aromatic carbocycles. The van der Waals surface area contributed by atoms with Crippen molar-refractivity contribution < 1.29 is 4.79 Å². The van der Waals surface area contributed by atoms with E-state index in [2.05, 4.69) is 45.6 Å². The molecule has 1 aromatic rings. The van der Waals surface area contributed by atoms with Gasteiger partial charge in [-0.2, -0.15) is 0 Å². The van der Waals surface area contributed by atoms with Gasteiger partial charge >= 0.3 is 0 Å². The smallest absolute Gasteiger partial charge is 0.236 e. The lowest BCUT2D eigenvalue weighted by Gasteiger charge is -2.35. The molecule has 0 N–H and O–H groups in total. The van der Waals surface area contributed by atoms with E-state index >= 15 is 0 Å². The van der Waals surface area contributed by atoms with Gasteiger partial charge < -0.3 is 4.90 Å². The molecule has 0 aliphatic carbocycles. The predicted molar refractivity (Wildman–Crippen MR) is 98.8 cm³/mol. The van der Waals surface area contributed by atoms with Gasteiger partial charge in [0.1, 0.15) is 0 Å². The Morgan fingerprint density at radius 1 is 1.22 bits per heavy atom. The molecule has 1 saturated heterocycles. The van der Waals surface area contributed by atoms with Crippen LogP contribution in [0, 0.1) is 0 Å². The fourth-order valence-electron chi connectivity index (χ4n) is 2.80. The largest absolute Gasteiger partial charge is 0.339 e. The van der Waals surface area contributed by atoms with Crippen LogP contribution in [0.4, 0.5) is 0 Å². The van der Waals surface area contributed by atoms with Crippen LogP contribution >= 0.6 is 27.5 Å². The molecule has 1 aliphatic heterocycles. The lowest BCUT2D eigenvalue weighted by atomic mass is 10.2. The highest BCUT2D eigenvalue weighted by Crippen LogP contribution is 2.22. The maximum atomic E-state index is 12.3. The molecule has 0 radical (unpaired) electrons. The molecule has 0 unspecified atom stereocenters. The summed E-state index contributed by atoms with van der Waals surface area (Å²) in [6.45, 7) is 10.8. The number of piperazine rings is 1. The first-order valence-electron chi connectivity index (χ1n) is 8.19. The number of rotatable bonds is 6. The first kappa shape index (κ1) is 18.7. The third kappa shape index (κ3) is 5.45. The van der Waals surface area contributed by atoms with E-state index in [9.17, 15) is 4.79 Å². The molecule has 0 bridgehead atoms. The van der Waals surface area contributed by atoms with Gasteiger partial charge in [0.2, 0.25) is 5.91 Å². The molecular weight excluding hydrogens is 378 g/mol. The average molecular weight is 403 g/mol. The summed E-state index contributed by atoms with van der Waals surface area (Å²) in [7, 11) is 0. The van der Waals surface area contributed by atoms with E-state index in [0.29, 0.717) is 6.54 Å². The van der Waals surface area contributed by atoms with Crippen LogP contribution in [-0.2, 0) is 11.3 Å². The Hall–Kier alpha value is -0.620. The van der Waals surface area contributed by atoms with Crippen molar-refractivity contribution in [1.29, 1.82) is 0 Å². The SMILES string of the molecule is CCN(CC)CC(=O)N1CCN(Cc2cc(Br)ccc2Cl)CC1. The Kier molecular flexibility index (Phi) is 7.34. The minimum absolute atomic E-state index is 0.244. The Balaban J connectivity index is 1.84. The van der Waals surface area contributed by atoms with Crippen LogP contribution in [0.25, 0.3) is 0 Å². The average Bonchev–Trinajstić information content (AvgIpc) is 2.56. The summed E-state index contributed by atoms with van der Waals surface area (Å²) < 4.78 is 1.05. The fraction of sp³-hybridized carbons (Fsp3) is 0.588. The summed E-state index contributed by atoms with van der Waals surface area (Å²) in [6.07, 6.45) is 0. The van der Waals surface area contributed by atoms with Crippen molar-refractivity contribution in [3.05, 3.63) is 33.3 Å². The third-order valence-electron chi connectivity index (χ3n) is 4.38. The number of hydrogen-bond acceptors (Lipinski definition) is 3. The van der Waals surface area contributed by atoms with E-state index in [1.165, 1.54) is 0 Å². The van der Waals surface area contributed by atoms with Crippen LogP contribution in [0.1, 0.15) is 19.4 Å². The lowest BCUT2D eigenvalue weighted by molar-refractivity contribution is -0.134. The van der Waals surface area contributed by atoms with Gasteiger partial charge in [-0.3, -0.25) is 14.6 Å². The highest BCUT2D eigenvalue weighted by Gasteiger charge is 2.22. The molecule has 1 fully saturated rings. The second-order valence-electron chi connectivity index (χ2n) is 5.85. The van der Waals surface area contributed by atoms with E-state index in [0.717, 1.165) is 60.9 Å². The van der Waals surface area contributed by atoms with Crippen LogP contribution in [0.5, 0.6) is 0 Å². The molecule has 0 saturated carbocycles. The van der Waals surface area contributed by atoms with E-state index in [-0.39, 0.29) is 5.91 Å². The van der Waals surface area contributed by atoms with Crippen molar-refractivity contribution in [3.8, 4) is 0 Å². The number of carbonyl (C=O) groups is 1. The molecule has 23 heavy (non-hydrogen) atoms. The van der Waals surface area contributed by atoms with Crippen molar-refractivity contribution in [3.63, 3.8) is 0 Å². The van der Waals surface area contributed by atoms with Crippen LogP contribution in [0.15, 0.2) is 22.7 Å². The van der Waals surface area contributed by atoms with Crippen molar-refractivity contribution in [1.82, 2.24) is 14.7 Å². The molecular formula is C17H25BrClN3O. The molecule has 2 rings (SSSR count). The zero-order valence-electron chi connectivity index (χ0n) is 13.9. The van der Waals surface area contributed by atoms with Crippen LogP contribution in [0.2, 0.25) is 5.02 Å². The maximum Gasteiger partial charge on any atom is 0.236 e. The summed E-state index contributed by atoms with van der Waals surface area (Å²) in [4.78, 5) is 18.8. The van der Waals surface area contributed by atoms with Gasteiger partial charge in [0, 0.05) is 42.2 Å². The zero-order chi connectivity index (χ0) is 16.8. The second-order valence-corrected chi connectivity index (χ2v) is 7.18. The fourth-order valence-corrected chi connectivity index (χ4v) is 3.39. The zero-order valence-corrected chi connectivity index (χ0v) is 16.2. The number of likely N-dealkylation sites (N-methyl/N-ethyl adjacent to an activating group) is 1. The predicted octanol–water partition coefficient (Wildman–Crippen LogP) is 3.09. The Morgan fingerprint density at radius 3 is 2.48 bits per heavy atom. The summed E-state index contributed by atoms with van der Waals surface area (Å²) in [5, 5.41) is 0.799. The minimum Gasteiger partial charge on any atom is -0.339 e. The van der Waals surface area contributed by atoms with Gasteiger partial charge in [0.15, 0.2) is 0 Å². The van der Waals surface area contributed by atoms with E-state index in [1.54, 1.807) is 0 Å². The van der Waals surface area contributed by atoms with E-state index in [1.807, 2.05) is 17.0 Å². The summed E-state index contributed by atoms with van der Waals surface area (Å²) in [6, 6.07) is 5.95. The van der Waals surface area contributed by atoms with Gasteiger partial charge in [-0.15, -0.1) is 0 Å². The summed E-state index contributed by atoms with van der Waals surface area (Å²) in [5.41, 5.74) is 1.13. The number of nitrogens with zero attached hydrogens (tertiary/aromatic N) is 3. The normalized spacial score (nSPS) is 16.1. The summed E-state index contributed by atoms with van der Waals surface area (Å²) in [5.74, 6) is 0.244. The highest BCUT2D eigenvalue weighted by atomic mass is 79.9. The number of benzene rings is 1. The van der Waals surface area contributed by atoms with Gasteiger partial charge in [0.05, 0.1) is 6.54 Å². The maximum absolute atomic E-state index is 12.3. The molecule has 1 heterocycles. The topological polar surface area (TPSA) is 26.8 Å². The van der Waals surface area contributed by atoms with Crippen molar-refractivity contribution in [2.24, 2.45) is 0 Å². The Labute approximate surface area is 152 Å². The van der Waals surface area contributed by atoms with Crippen molar-refractivity contribution >= 4 is 33.4 Å². The third-order valence-corrected chi connectivity index (χ3v) is 5.24. The monoisotopic (exact) mass is 401 g/mol. The van der Waals surface area contributed by atoms with Crippen LogP contribution in [-0.4, -0.2) is 66.4 Å². The van der Waals surface area contributed by atoms with Crippen molar-refractivity contribution in [2.75, 3.05) is 45.8 Å². The first-order chi connectivity index (χ1) is 11.0. The van der Waals surface area contributed by atoms with Crippen LogP contribution in [0.3, 0.4) is 0 Å². The molecule has 0 aromatic heterocycles. The lowest BCUT2D eigenvalue weighted by Crippen LogP contribution is -2.50. The number of halogens is 2. The minimum atomic E-state index is 0.244. The second kappa shape index (κ2) is 9.02. The number of hydrogen-bond donors (Lipinski definition) is 0. The van der Waals surface area contributed by atoms with Crippen molar-refractivity contribution in [2.45, 2.75) is 20.4 Å². The first-order valence-corrected chi connectivity index (χ1v) is 9.37. The molecule has 128 valence electrons. The van der Waals surface area contributed by atoms with Crippen LogP contribution < -0.4 is 0 Å². The Morgan fingerprint density at radius 2 is 1.87 bits per heavy atom. The number of amides is 1. The standard InChI is InChI=1S/C17H25BrClN3O/c1-3-20(4-2)13-17(23)22-9-7-21(8-10-22)12-14-11-15(18)5-6-16(14)19/h5-6,11H,3-4,7-10,12-13H2,1-2H3. The van der Waals surface area contributed by atoms with E-state index in [4.69, 9.17) is 11.6 Å². The Bertz CT molecular complexity index is 529. The van der Waals surface area contributed by atoms with Gasteiger partial charge in [0.25, 0.3) is 0 Å². The molecule has 1 aliphatic rings. The highest BCUT2D eigenvalue weighted by molar-refractivity contribution is 9.10. The van der Waals surface area contributed by atoms with E-state index < -0.39 is 0 Å². The summed E-state index contributed by atoms with van der Waals surface area (Å²) >= 11 is 9.76. The molecule has 6 heteroatoms.